The minimum atomic E-state index is -0.144. The molecule has 0 saturated heterocycles. The Bertz CT molecular complexity index is 996. The Labute approximate surface area is 166 Å². The maximum Gasteiger partial charge on any atom is 0.261 e. The van der Waals surface area contributed by atoms with E-state index in [9.17, 15) is 9.59 Å². The van der Waals surface area contributed by atoms with Gasteiger partial charge in [0.15, 0.2) is 0 Å². The van der Waals surface area contributed by atoms with Gasteiger partial charge in [-0.15, -0.1) is 0 Å². The van der Waals surface area contributed by atoms with Crippen molar-refractivity contribution in [3.63, 3.8) is 0 Å². The number of hydrogen-bond acceptors (Lipinski definition) is 3. The second-order valence-corrected chi connectivity index (χ2v) is 7.42. The van der Waals surface area contributed by atoms with E-state index in [-0.39, 0.29) is 24.4 Å². The second-order valence-electron chi connectivity index (χ2n) is 6.50. The van der Waals surface area contributed by atoms with Gasteiger partial charge in [-0.3, -0.25) is 14.2 Å². The summed E-state index contributed by atoms with van der Waals surface area (Å²) in [7, 11) is 0. The number of aromatic nitrogens is 2. The molecule has 5 nitrogen and oxygen atoms in total. The number of carbonyl (C=O) groups is 1. The number of anilines is 1. The van der Waals surface area contributed by atoms with Crippen molar-refractivity contribution in [1.82, 2.24) is 9.55 Å². The van der Waals surface area contributed by atoms with Gasteiger partial charge in [-0.1, -0.05) is 41.4 Å². The number of halogens is 1. The first-order valence-electron chi connectivity index (χ1n) is 9.10. The first-order valence-corrected chi connectivity index (χ1v) is 9.89. The lowest BCUT2D eigenvalue weighted by Crippen LogP contribution is -2.23. The van der Waals surface area contributed by atoms with Gasteiger partial charge in [0.25, 0.3) is 5.56 Å². The fourth-order valence-corrected chi connectivity index (χ4v) is 3.23. The molecule has 0 aliphatic heterocycles. The quantitative estimate of drug-likeness (QED) is 0.602. The standard InChI is InChI=1S/C21H22BrN3O2/c1-2-3-4-15-5-8-17(9-6-15)24-20(26)11-12-25-14-23-19-10-7-16(22)13-18(19)21(25)27/h5-10,13-14H,2-4,11-12H2,1H3,(H,24,26). The van der Waals surface area contributed by atoms with Crippen LogP contribution in [-0.4, -0.2) is 15.5 Å². The van der Waals surface area contributed by atoms with E-state index < -0.39 is 0 Å². The van der Waals surface area contributed by atoms with E-state index in [0.717, 1.165) is 23.0 Å². The largest absolute Gasteiger partial charge is 0.326 e. The van der Waals surface area contributed by atoms with Crippen LogP contribution in [0.2, 0.25) is 0 Å². The molecule has 1 aromatic heterocycles. The number of nitrogens with one attached hydrogen (secondary N) is 1. The van der Waals surface area contributed by atoms with Crippen molar-refractivity contribution >= 4 is 38.4 Å². The lowest BCUT2D eigenvalue weighted by molar-refractivity contribution is -0.116. The van der Waals surface area contributed by atoms with Crippen LogP contribution in [0.1, 0.15) is 31.7 Å². The van der Waals surface area contributed by atoms with Gasteiger partial charge < -0.3 is 5.32 Å². The Morgan fingerprint density at radius 1 is 1.19 bits per heavy atom. The number of fused-ring (bicyclic) bond motifs is 1. The first kappa shape index (κ1) is 19.3. The highest BCUT2D eigenvalue weighted by molar-refractivity contribution is 9.10. The van der Waals surface area contributed by atoms with Crippen LogP contribution in [0, 0.1) is 0 Å². The molecule has 1 N–H and O–H groups in total. The zero-order valence-corrected chi connectivity index (χ0v) is 16.8. The van der Waals surface area contributed by atoms with E-state index in [4.69, 9.17) is 0 Å². The summed E-state index contributed by atoms with van der Waals surface area (Å²) < 4.78 is 2.30. The Morgan fingerprint density at radius 2 is 1.96 bits per heavy atom. The highest BCUT2D eigenvalue weighted by Gasteiger charge is 2.08. The molecule has 0 fully saturated rings. The molecule has 1 heterocycles. The molecule has 0 bridgehead atoms. The minimum absolute atomic E-state index is 0.127. The highest BCUT2D eigenvalue weighted by atomic mass is 79.9. The number of nitrogens with zero attached hydrogens (tertiary/aromatic N) is 2. The highest BCUT2D eigenvalue weighted by Crippen LogP contribution is 2.15. The molecule has 0 atom stereocenters. The third kappa shape index (κ3) is 5.04. The number of aryl methyl sites for hydroxylation is 2. The summed E-state index contributed by atoms with van der Waals surface area (Å²) in [6, 6.07) is 13.3. The SMILES string of the molecule is CCCCc1ccc(NC(=O)CCn2cnc3ccc(Br)cc3c2=O)cc1. The van der Waals surface area contributed by atoms with Gasteiger partial charge in [-0.2, -0.15) is 0 Å². The molecular weight excluding hydrogens is 406 g/mol. The average molecular weight is 428 g/mol. The van der Waals surface area contributed by atoms with Crippen molar-refractivity contribution in [3.8, 4) is 0 Å². The molecule has 0 aliphatic rings. The molecule has 1 amide bonds. The third-order valence-corrected chi connectivity index (χ3v) is 4.92. The van der Waals surface area contributed by atoms with Crippen LogP contribution in [0.3, 0.4) is 0 Å². The van der Waals surface area contributed by atoms with Crippen LogP contribution >= 0.6 is 15.9 Å². The zero-order valence-electron chi connectivity index (χ0n) is 15.2. The maximum absolute atomic E-state index is 12.5. The summed E-state index contributed by atoms with van der Waals surface area (Å²) in [5.41, 5.74) is 2.55. The molecule has 0 aliphatic carbocycles. The lowest BCUT2D eigenvalue weighted by atomic mass is 10.1. The van der Waals surface area contributed by atoms with E-state index in [2.05, 4.69) is 33.2 Å². The van der Waals surface area contributed by atoms with Gasteiger partial charge >= 0.3 is 0 Å². The number of amides is 1. The van der Waals surface area contributed by atoms with Crippen molar-refractivity contribution in [2.45, 2.75) is 39.2 Å². The Hall–Kier alpha value is -2.47. The van der Waals surface area contributed by atoms with Crippen molar-refractivity contribution in [3.05, 3.63) is 69.2 Å². The minimum Gasteiger partial charge on any atom is -0.326 e. The molecular formula is C21H22BrN3O2. The second kappa shape index (κ2) is 8.95. The number of unbranched alkanes of at least 4 members (excludes halogenated alkanes) is 1. The van der Waals surface area contributed by atoms with E-state index in [1.165, 1.54) is 22.9 Å². The van der Waals surface area contributed by atoms with Crippen LogP contribution < -0.4 is 10.9 Å². The molecule has 140 valence electrons. The van der Waals surface area contributed by atoms with E-state index in [1.807, 2.05) is 30.3 Å². The molecule has 2 aromatic carbocycles. The van der Waals surface area contributed by atoms with E-state index >= 15 is 0 Å². The van der Waals surface area contributed by atoms with Crippen molar-refractivity contribution in [2.75, 3.05) is 5.32 Å². The first-order chi connectivity index (χ1) is 13.1. The fourth-order valence-electron chi connectivity index (χ4n) is 2.87. The van der Waals surface area contributed by atoms with Gasteiger partial charge in [0, 0.05) is 23.1 Å². The average Bonchev–Trinajstić information content (AvgIpc) is 2.67. The molecule has 3 aromatic rings. The molecule has 0 saturated carbocycles. The molecule has 0 unspecified atom stereocenters. The molecule has 0 radical (unpaired) electrons. The van der Waals surface area contributed by atoms with E-state index in [1.54, 1.807) is 12.1 Å². The molecule has 0 spiro atoms. The molecule has 3 rings (SSSR count). The van der Waals surface area contributed by atoms with Gasteiger partial charge in [-0.05, 0) is 48.7 Å². The van der Waals surface area contributed by atoms with E-state index in [0.29, 0.717) is 10.9 Å². The summed E-state index contributed by atoms with van der Waals surface area (Å²) in [6.45, 7) is 2.46. The predicted octanol–water partition coefficient (Wildman–Crippen LogP) is 4.53. The smallest absolute Gasteiger partial charge is 0.261 e. The summed E-state index contributed by atoms with van der Waals surface area (Å²) in [5.74, 6) is -0.127. The van der Waals surface area contributed by atoms with Gasteiger partial charge in [0.05, 0.1) is 17.2 Å². The number of rotatable bonds is 7. The van der Waals surface area contributed by atoms with Gasteiger partial charge in [0.1, 0.15) is 0 Å². The van der Waals surface area contributed by atoms with Crippen LogP contribution in [0.5, 0.6) is 0 Å². The Morgan fingerprint density at radius 3 is 2.70 bits per heavy atom. The van der Waals surface area contributed by atoms with Crippen LogP contribution in [-0.2, 0) is 17.8 Å². The number of benzene rings is 2. The molecule has 6 heteroatoms. The van der Waals surface area contributed by atoms with Crippen LogP contribution in [0.15, 0.2) is 58.1 Å². The van der Waals surface area contributed by atoms with Crippen LogP contribution in [0.25, 0.3) is 10.9 Å². The lowest BCUT2D eigenvalue weighted by Gasteiger charge is -2.09. The summed E-state index contributed by atoms with van der Waals surface area (Å²) in [5, 5.41) is 3.42. The van der Waals surface area contributed by atoms with Crippen molar-refractivity contribution in [1.29, 1.82) is 0 Å². The van der Waals surface area contributed by atoms with Crippen molar-refractivity contribution in [2.24, 2.45) is 0 Å². The van der Waals surface area contributed by atoms with Gasteiger partial charge in [-0.25, -0.2) is 4.98 Å². The van der Waals surface area contributed by atoms with Crippen molar-refractivity contribution < 1.29 is 4.79 Å². The molecule has 27 heavy (non-hydrogen) atoms. The number of carbonyl (C=O) groups excluding carboxylic acids is 1. The summed E-state index contributed by atoms with van der Waals surface area (Å²) >= 11 is 3.37. The fraction of sp³-hybridized carbons (Fsp3) is 0.286. The Kier molecular flexibility index (Phi) is 6.40. The van der Waals surface area contributed by atoms with Gasteiger partial charge in [0.2, 0.25) is 5.91 Å². The normalized spacial score (nSPS) is 10.9. The summed E-state index contributed by atoms with van der Waals surface area (Å²) in [6.07, 6.45) is 5.08. The van der Waals surface area contributed by atoms with Crippen LogP contribution in [0.4, 0.5) is 5.69 Å². The zero-order chi connectivity index (χ0) is 19.2. The maximum atomic E-state index is 12.5. The number of hydrogen-bond donors (Lipinski definition) is 1. The third-order valence-electron chi connectivity index (χ3n) is 4.42. The summed E-state index contributed by atoms with van der Waals surface area (Å²) in [4.78, 5) is 29.1. The Balaban J connectivity index is 1.61. The predicted molar refractivity (Wildman–Crippen MR) is 112 cm³/mol. The monoisotopic (exact) mass is 427 g/mol. The topological polar surface area (TPSA) is 64.0 Å².